The third-order valence-electron chi connectivity index (χ3n) is 4.70. The summed E-state index contributed by atoms with van der Waals surface area (Å²) in [5, 5.41) is 2.93. The van der Waals surface area contributed by atoms with Crippen molar-refractivity contribution in [3.05, 3.63) is 53.0 Å². The van der Waals surface area contributed by atoms with E-state index in [1.807, 2.05) is 17.5 Å². The van der Waals surface area contributed by atoms with Crippen LogP contribution in [0.1, 0.15) is 17.8 Å². The van der Waals surface area contributed by atoms with Crippen molar-refractivity contribution in [1.29, 1.82) is 0 Å². The Balaban J connectivity index is 1.44. The minimum Gasteiger partial charge on any atom is -0.475 e. The molecular formula is C22H22N2O3S. The first-order valence-corrected chi connectivity index (χ1v) is 10.3. The van der Waals surface area contributed by atoms with Gasteiger partial charge in [-0.05, 0) is 30.0 Å². The van der Waals surface area contributed by atoms with Crippen molar-refractivity contribution >= 4 is 17.1 Å². The van der Waals surface area contributed by atoms with E-state index in [9.17, 15) is 4.79 Å². The highest BCUT2D eigenvalue weighted by atomic mass is 32.1. The number of hydrogen-bond donors (Lipinski definition) is 0. The summed E-state index contributed by atoms with van der Waals surface area (Å²) in [6.07, 6.45) is 4.31. The number of ether oxygens (including phenoxy) is 2. The molecule has 144 valence electrons. The average molecular weight is 394 g/mol. The molecule has 28 heavy (non-hydrogen) atoms. The summed E-state index contributed by atoms with van der Waals surface area (Å²) in [7, 11) is 1.64. The van der Waals surface area contributed by atoms with Crippen molar-refractivity contribution in [3.63, 3.8) is 0 Å². The molecule has 0 bridgehead atoms. The highest BCUT2D eigenvalue weighted by Gasteiger charge is 2.29. The van der Waals surface area contributed by atoms with Gasteiger partial charge in [0.2, 0.25) is 5.88 Å². The molecule has 1 aliphatic rings. The van der Waals surface area contributed by atoms with Gasteiger partial charge in [-0.25, -0.2) is 9.97 Å². The number of Topliss-reactive ketones (excluding diaryl/α,β-unsaturated/α-hetero) is 1. The lowest BCUT2D eigenvalue weighted by molar-refractivity contribution is -0.119. The number of carbonyl (C=O) groups excluding carboxylic acids is 1. The van der Waals surface area contributed by atoms with Crippen LogP contribution >= 0.6 is 11.3 Å². The van der Waals surface area contributed by atoms with E-state index in [0.29, 0.717) is 31.3 Å². The molecule has 3 aromatic rings. The van der Waals surface area contributed by atoms with Crippen LogP contribution in [-0.2, 0) is 16.0 Å². The molecule has 6 heteroatoms. The largest absolute Gasteiger partial charge is 0.475 e. The third kappa shape index (κ3) is 4.64. The van der Waals surface area contributed by atoms with E-state index in [1.54, 1.807) is 24.6 Å². The maximum absolute atomic E-state index is 12.0. The van der Waals surface area contributed by atoms with Gasteiger partial charge >= 0.3 is 0 Å². The molecule has 5 nitrogen and oxygen atoms in total. The molecule has 1 fully saturated rings. The van der Waals surface area contributed by atoms with Crippen molar-refractivity contribution < 1.29 is 14.3 Å². The number of ketones is 1. The lowest BCUT2D eigenvalue weighted by Crippen LogP contribution is -2.05. The standard InChI is InChI=1S/C22H22N2O3S/c1-26-10-11-27-21-12-18(8-9-23-21)15-2-4-16(5-3-15)19-14-28-22(24-19)13-20(25)17-6-7-17/h2-5,8-9,12,14,17H,6-7,10-11,13H2,1H3. The van der Waals surface area contributed by atoms with Gasteiger partial charge < -0.3 is 9.47 Å². The molecule has 0 atom stereocenters. The quantitative estimate of drug-likeness (QED) is 0.503. The number of methoxy groups -OCH3 is 1. The maximum Gasteiger partial charge on any atom is 0.213 e. The molecule has 0 saturated heterocycles. The van der Waals surface area contributed by atoms with Crippen molar-refractivity contribution in [2.45, 2.75) is 19.3 Å². The van der Waals surface area contributed by atoms with Gasteiger partial charge in [0.05, 0.1) is 18.7 Å². The molecule has 1 aliphatic carbocycles. The Bertz CT molecular complexity index is 948. The summed E-state index contributed by atoms with van der Waals surface area (Å²) in [4.78, 5) is 20.9. The molecule has 0 amide bonds. The van der Waals surface area contributed by atoms with E-state index < -0.39 is 0 Å². The first-order valence-electron chi connectivity index (χ1n) is 9.38. The number of hydrogen-bond acceptors (Lipinski definition) is 6. The highest BCUT2D eigenvalue weighted by molar-refractivity contribution is 7.10. The van der Waals surface area contributed by atoms with Gasteiger partial charge in [0.15, 0.2) is 0 Å². The van der Waals surface area contributed by atoms with E-state index in [1.165, 1.54) is 0 Å². The third-order valence-corrected chi connectivity index (χ3v) is 5.54. The van der Waals surface area contributed by atoms with E-state index in [2.05, 4.69) is 34.2 Å². The van der Waals surface area contributed by atoms with Crippen molar-refractivity contribution in [1.82, 2.24) is 9.97 Å². The Morgan fingerprint density at radius 3 is 2.64 bits per heavy atom. The molecule has 4 rings (SSSR count). The van der Waals surface area contributed by atoms with Crippen LogP contribution in [-0.4, -0.2) is 36.1 Å². The normalized spacial score (nSPS) is 13.5. The number of aromatic nitrogens is 2. The number of thiazole rings is 1. The van der Waals surface area contributed by atoms with Gasteiger partial charge in [0.25, 0.3) is 0 Å². The SMILES string of the molecule is COCCOc1cc(-c2ccc(-c3csc(CC(=O)C4CC4)n3)cc2)ccn1. The predicted octanol–water partition coefficient (Wildman–Crippen LogP) is 4.42. The fraction of sp³-hybridized carbons (Fsp3) is 0.318. The summed E-state index contributed by atoms with van der Waals surface area (Å²) >= 11 is 1.56. The number of rotatable bonds is 9. The van der Waals surface area contributed by atoms with Gasteiger partial charge in [0.1, 0.15) is 17.4 Å². The Morgan fingerprint density at radius 1 is 1.11 bits per heavy atom. The van der Waals surface area contributed by atoms with Gasteiger partial charge in [-0.15, -0.1) is 11.3 Å². The zero-order chi connectivity index (χ0) is 19.3. The van der Waals surface area contributed by atoms with Gasteiger partial charge in [-0.1, -0.05) is 24.3 Å². The molecule has 1 aromatic carbocycles. The fourth-order valence-electron chi connectivity index (χ4n) is 2.95. The fourth-order valence-corrected chi connectivity index (χ4v) is 3.77. The number of pyridine rings is 1. The van der Waals surface area contributed by atoms with Gasteiger partial charge in [-0.3, -0.25) is 4.79 Å². The summed E-state index contributed by atoms with van der Waals surface area (Å²) in [5.41, 5.74) is 4.11. The second-order valence-electron chi connectivity index (χ2n) is 6.85. The van der Waals surface area contributed by atoms with E-state index in [0.717, 1.165) is 40.2 Å². The molecular weight excluding hydrogens is 372 g/mol. The first kappa shape index (κ1) is 18.8. The lowest BCUT2D eigenvalue weighted by Gasteiger charge is -2.07. The minimum atomic E-state index is 0.287. The van der Waals surface area contributed by atoms with E-state index >= 15 is 0 Å². The lowest BCUT2D eigenvalue weighted by atomic mass is 10.0. The molecule has 1 saturated carbocycles. The zero-order valence-electron chi connectivity index (χ0n) is 15.8. The number of nitrogens with zero attached hydrogens (tertiary/aromatic N) is 2. The van der Waals surface area contributed by atoms with Crippen molar-refractivity contribution in [2.75, 3.05) is 20.3 Å². The second kappa shape index (κ2) is 8.63. The van der Waals surface area contributed by atoms with Gasteiger partial charge in [0, 0.05) is 36.2 Å². The molecule has 0 spiro atoms. The molecule has 0 unspecified atom stereocenters. The van der Waals surface area contributed by atoms with E-state index in [4.69, 9.17) is 9.47 Å². The number of benzene rings is 1. The van der Waals surface area contributed by atoms with Crippen LogP contribution in [0.3, 0.4) is 0 Å². The molecule has 2 heterocycles. The monoisotopic (exact) mass is 394 g/mol. The highest BCUT2D eigenvalue weighted by Crippen LogP contribution is 2.32. The van der Waals surface area contributed by atoms with Crippen LogP contribution in [0.25, 0.3) is 22.4 Å². The van der Waals surface area contributed by atoms with Crippen LogP contribution in [0.2, 0.25) is 0 Å². The van der Waals surface area contributed by atoms with Crippen LogP contribution < -0.4 is 4.74 Å². The predicted molar refractivity (Wildman–Crippen MR) is 110 cm³/mol. The maximum atomic E-state index is 12.0. The Morgan fingerprint density at radius 2 is 1.89 bits per heavy atom. The average Bonchev–Trinajstić information content (AvgIpc) is 3.48. The Kier molecular flexibility index (Phi) is 5.78. The Hall–Kier alpha value is -2.57. The smallest absolute Gasteiger partial charge is 0.213 e. The molecule has 0 N–H and O–H groups in total. The number of carbonyl (C=O) groups is 1. The zero-order valence-corrected chi connectivity index (χ0v) is 16.6. The van der Waals surface area contributed by atoms with Crippen LogP contribution in [0.4, 0.5) is 0 Å². The summed E-state index contributed by atoms with van der Waals surface area (Å²) in [6.45, 7) is 1.00. The summed E-state index contributed by atoms with van der Waals surface area (Å²) in [6, 6.07) is 12.1. The van der Waals surface area contributed by atoms with Crippen LogP contribution in [0.5, 0.6) is 5.88 Å². The second-order valence-corrected chi connectivity index (χ2v) is 7.79. The molecule has 0 aliphatic heterocycles. The van der Waals surface area contributed by atoms with E-state index in [-0.39, 0.29) is 5.92 Å². The van der Waals surface area contributed by atoms with Crippen LogP contribution in [0.15, 0.2) is 48.0 Å². The molecule has 2 aromatic heterocycles. The minimum absolute atomic E-state index is 0.287. The topological polar surface area (TPSA) is 61.3 Å². The summed E-state index contributed by atoms with van der Waals surface area (Å²) in [5.74, 6) is 1.20. The Labute approximate surface area is 168 Å². The molecule has 0 radical (unpaired) electrons. The van der Waals surface area contributed by atoms with Gasteiger partial charge in [-0.2, -0.15) is 0 Å². The summed E-state index contributed by atoms with van der Waals surface area (Å²) < 4.78 is 10.6. The van der Waals surface area contributed by atoms with Crippen LogP contribution in [0, 0.1) is 5.92 Å². The first-order chi connectivity index (χ1) is 13.7. The van der Waals surface area contributed by atoms with Crippen molar-refractivity contribution in [2.24, 2.45) is 5.92 Å². The van der Waals surface area contributed by atoms with Crippen molar-refractivity contribution in [3.8, 4) is 28.3 Å².